The average Bonchev–Trinajstić information content (AvgIpc) is 2.53. The second-order valence-corrected chi connectivity index (χ2v) is 4.71. The van der Waals surface area contributed by atoms with Crippen LogP contribution in [0.5, 0.6) is 11.6 Å². The molecular weight excluding hydrogens is 262 g/mol. The van der Waals surface area contributed by atoms with Crippen LogP contribution in [0.15, 0.2) is 54.9 Å². The van der Waals surface area contributed by atoms with Crippen LogP contribution in [0.3, 0.4) is 0 Å². The minimum absolute atomic E-state index is 0.592. The van der Waals surface area contributed by atoms with Crippen molar-refractivity contribution in [3.8, 4) is 11.6 Å². The van der Waals surface area contributed by atoms with Gasteiger partial charge in [-0.15, -0.1) is 0 Å². The van der Waals surface area contributed by atoms with Gasteiger partial charge in [-0.05, 0) is 30.3 Å². The molecule has 3 rings (SSSR count). The van der Waals surface area contributed by atoms with Gasteiger partial charge in [0.05, 0.1) is 11.7 Å². The van der Waals surface area contributed by atoms with Crippen LogP contribution in [-0.2, 0) is 6.54 Å². The lowest BCUT2D eigenvalue weighted by Crippen LogP contribution is -2.12. The van der Waals surface area contributed by atoms with Gasteiger partial charge in [0.2, 0.25) is 5.88 Å². The summed E-state index contributed by atoms with van der Waals surface area (Å²) in [6.45, 7) is 3.81. The van der Waals surface area contributed by atoms with Crippen LogP contribution in [0.2, 0.25) is 0 Å². The van der Waals surface area contributed by atoms with Crippen molar-refractivity contribution < 1.29 is 4.74 Å². The smallest absolute Gasteiger partial charge is 0.220 e. The van der Waals surface area contributed by atoms with Gasteiger partial charge in [-0.3, -0.25) is 4.98 Å². The van der Waals surface area contributed by atoms with Gasteiger partial charge in [0.1, 0.15) is 5.75 Å². The molecule has 0 fully saturated rings. The van der Waals surface area contributed by atoms with Crippen LogP contribution in [0, 0.1) is 0 Å². The lowest BCUT2D eigenvalue weighted by Gasteiger charge is -2.10. The third-order valence-electron chi connectivity index (χ3n) is 3.20. The predicted octanol–water partition coefficient (Wildman–Crippen LogP) is 3.53. The second kappa shape index (κ2) is 6.33. The second-order valence-electron chi connectivity index (χ2n) is 4.71. The maximum absolute atomic E-state index is 5.81. The Morgan fingerprint density at radius 3 is 2.86 bits per heavy atom. The van der Waals surface area contributed by atoms with Crippen LogP contribution >= 0.6 is 0 Å². The van der Waals surface area contributed by atoms with Gasteiger partial charge in [0.25, 0.3) is 0 Å². The maximum Gasteiger partial charge on any atom is 0.220 e. The van der Waals surface area contributed by atoms with Gasteiger partial charge in [0, 0.05) is 24.2 Å². The first-order chi connectivity index (χ1) is 10.4. The Hall–Kier alpha value is -2.46. The minimum atomic E-state index is 0.592. The summed E-state index contributed by atoms with van der Waals surface area (Å²) in [5.74, 6) is 1.28. The number of pyridine rings is 2. The Balaban J connectivity index is 1.99. The fourth-order valence-corrected chi connectivity index (χ4v) is 2.21. The summed E-state index contributed by atoms with van der Waals surface area (Å²) in [4.78, 5) is 8.61. The first kappa shape index (κ1) is 13.5. The Morgan fingerprint density at radius 2 is 2.05 bits per heavy atom. The van der Waals surface area contributed by atoms with E-state index < -0.39 is 0 Å². The molecule has 0 bridgehead atoms. The van der Waals surface area contributed by atoms with Gasteiger partial charge >= 0.3 is 0 Å². The molecule has 0 saturated heterocycles. The number of fused-ring (bicyclic) bond motifs is 1. The molecule has 0 aliphatic heterocycles. The highest BCUT2D eigenvalue weighted by Crippen LogP contribution is 2.25. The zero-order chi connectivity index (χ0) is 14.5. The zero-order valence-corrected chi connectivity index (χ0v) is 11.9. The molecule has 0 atom stereocenters. The molecule has 106 valence electrons. The average molecular weight is 279 g/mol. The predicted molar refractivity (Wildman–Crippen MR) is 83.4 cm³/mol. The number of nitrogens with zero attached hydrogens (tertiary/aromatic N) is 2. The Kier molecular flexibility index (Phi) is 4.07. The Bertz CT molecular complexity index is 728. The molecule has 0 spiro atoms. The minimum Gasteiger partial charge on any atom is -0.437 e. The summed E-state index contributed by atoms with van der Waals surface area (Å²) in [5.41, 5.74) is 2.12. The van der Waals surface area contributed by atoms with Gasteiger partial charge in [0.15, 0.2) is 0 Å². The molecule has 1 N–H and O–H groups in total. The lowest BCUT2D eigenvalue weighted by atomic mass is 10.1. The van der Waals surface area contributed by atoms with Crippen LogP contribution in [0.1, 0.15) is 12.5 Å². The van der Waals surface area contributed by atoms with Crippen LogP contribution in [-0.4, -0.2) is 16.5 Å². The number of hydrogen-bond donors (Lipinski definition) is 1. The van der Waals surface area contributed by atoms with E-state index in [9.17, 15) is 0 Å². The zero-order valence-electron chi connectivity index (χ0n) is 11.9. The molecule has 21 heavy (non-hydrogen) atoms. The summed E-state index contributed by atoms with van der Waals surface area (Å²) in [6.07, 6.45) is 3.40. The summed E-state index contributed by atoms with van der Waals surface area (Å²) < 4.78 is 5.81. The van der Waals surface area contributed by atoms with E-state index in [1.54, 1.807) is 12.4 Å². The van der Waals surface area contributed by atoms with Crippen molar-refractivity contribution in [3.05, 3.63) is 60.4 Å². The molecular formula is C17H17N3O. The third kappa shape index (κ3) is 3.17. The topological polar surface area (TPSA) is 47.0 Å². The first-order valence-electron chi connectivity index (χ1n) is 7.04. The summed E-state index contributed by atoms with van der Waals surface area (Å²) >= 11 is 0. The van der Waals surface area contributed by atoms with Crippen molar-refractivity contribution in [2.75, 3.05) is 6.54 Å². The van der Waals surface area contributed by atoms with Gasteiger partial charge in [-0.2, -0.15) is 0 Å². The number of para-hydroxylation sites is 1. The molecule has 0 aliphatic rings. The van der Waals surface area contributed by atoms with E-state index in [0.717, 1.165) is 24.0 Å². The fraction of sp³-hybridized carbons (Fsp3) is 0.176. The summed E-state index contributed by atoms with van der Waals surface area (Å²) in [7, 11) is 0. The van der Waals surface area contributed by atoms with E-state index in [2.05, 4.69) is 28.3 Å². The van der Waals surface area contributed by atoms with Crippen molar-refractivity contribution in [1.82, 2.24) is 15.3 Å². The van der Waals surface area contributed by atoms with Crippen molar-refractivity contribution in [2.45, 2.75) is 13.5 Å². The van der Waals surface area contributed by atoms with E-state index in [4.69, 9.17) is 4.74 Å². The van der Waals surface area contributed by atoms with E-state index in [-0.39, 0.29) is 0 Å². The highest BCUT2D eigenvalue weighted by atomic mass is 16.5. The van der Waals surface area contributed by atoms with Crippen molar-refractivity contribution in [3.63, 3.8) is 0 Å². The van der Waals surface area contributed by atoms with Crippen molar-refractivity contribution in [2.24, 2.45) is 0 Å². The number of benzene rings is 1. The number of nitrogens with one attached hydrogen (secondary N) is 1. The molecule has 1 aromatic carbocycles. The van der Waals surface area contributed by atoms with Crippen LogP contribution < -0.4 is 10.1 Å². The first-order valence-corrected chi connectivity index (χ1v) is 7.04. The fourth-order valence-electron chi connectivity index (χ4n) is 2.21. The number of aromatic nitrogens is 2. The van der Waals surface area contributed by atoms with E-state index in [1.165, 1.54) is 5.56 Å². The van der Waals surface area contributed by atoms with Crippen molar-refractivity contribution >= 4 is 10.9 Å². The van der Waals surface area contributed by atoms with Gasteiger partial charge in [-0.25, -0.2) is 4.98 Å². The number of hydrogen-bond acceptors (Lipinski definition) is 4. The van der Waals surface area contributed by atoms with Crippen LogP contribution in [0.25, 0.3) is 10.9 Å². The molecule has 0 radical (unpaired) electrons. The molecule has 2 aromatic heterocycles. The largest absolute Gasteiger partial charge is 0.437 e. The summed E-state index contributed by atoms with van der Waals surface area (Å²) in [6, 6.07) is 13.8. The molecule has 0 unspecified atom stereocenters. The van der Waals surface area contributed by atoms with Gasteiger partial charge in [-0.1, -0.05) is 25.1 Å². The molecule has 2 heterocycles. The molecule has 0 saturated carbocycles. The number of rotatable bonds is 5. The van der Waals surface area contributed by atoms with Crippen molar-refractivity contribution in [1.29, 1.82) is 0 Å². The lowest BCUT2D eigenvalue weighted by molar-refractivity contribution is 0.462. The Labute approximate surface area is 123 Å². The van der Waals surface area contributed by atoms with E-state index in [1.807, 2.05) is 36.4 Å². The molecule has 0 aliphatic carbocycles. The van der Waals surface area contributed by atoms with E-state index in [0.29, 0.717) is 11.6 Å². The maximum atomic E-state index is 5.81. The number of ether oxygens (including phenoxy) is 1. The molecule has 3 aromatic rings. The van der Waals surface area contributed by atoms with Gasteiger partial charge < -0.3 is 10.1 Å². The SMILES string of the molecule is CCNCc1cc(Oc2cccnc2)nc2ccccc12. The highest BCUT2D eigenvalue weighted by molar-refractivity contribution is 5.82. The molecule has 4 nitrogen and oxygen atoms in total. The van der Waals surface area contributed by atoms with Crippen LogP contribution in [0.4, 0.5) is 0 Å². The Morgan fingerprint density at radius 1 is 1.14 bits per heavy atom. The quantitative estimate of drug-likeness (QED) is 0.776. The highest BCUT2D eigenvalue weighted by Gasteiger charge is 2.07. The third-order valence-corrected chi connectivity index (χ3v) is 3.20. The molecule has 0 amide bonds. The monoisotopic (exact) mass is 279 g/mol. The summed E-state index contributed by atoms with van der Waals surface area (Å²) in [5, 5.41) is 4.50. The van der Waals surface area contributed by atoms with E-state index >= 15 is 0 Å². The normalized spacial score (nSPS) is 10.7. The molecule has 4 heteroatoms. The standard InChI is InChI=1S/C17H17N3O/c1-2-18-11-13-10-17(21-14-6-5-9-19-12-14)20-16-8-4-3-7-15(13)16/h3-10,12,18H,2,11H2,1H3.